The van der Waals surface area contributed by atoms with E-state index in [1.807, 2.05) is 0 Å². The molecule has 1 fully saturated rings. The van der Waals surface area contributed by atoms with Crippen LogP contribution in [0.3, 0.4) is 0 Å². The van der Waals surface area contributed by atoms with Gasteiger partial charge in [0, 0.05) is 6.54 Å². The van der Waals surface area contributed by atoms with Crippen LogP contribution in [0.15, 0.2) is 0 Å². The first-order chi connectivity index (χ1) is 5.15. The van der Waals surface area contributed by atoms with Crippen LogP contribution >= 0.6 is 0 Å². The van der Waals surface area contributed by atoms with Crippen molar-refractivity contribution in [1.82, 2.24) is 0 Å². The molecule has 5 nitrogen and oxygen atoms in total. The Morgan fingerprint density at radius 3 is 2.64 bits per heavy atom. The number of hydrogen-bond donors (Lipinski definition) is 4. The maximum Gasteiger partial charge on any atom is 0.170 e. The minimum atomic E-state index is -0.994. The quantitative estimate of drug-likeness (QED) is 0.348. The van der Waals surface area contributed by atoms with Gasteiger partial charge in [0.05, 0.1) is 18.2 Å². The molecule has 1 heterocycles. The lowest BCUT2D eigenvalue weighted by atomic mass is 10.0. The van der Waals surface area contributed by atoms with Gasteiger partial charge in [0.1, 0.15) is 0 Å². The first kappa shape index (κ1) is 8.89. The Morgan fingerprint density at radius 1 is 1.45 bits per heavy atom. The average Bonchev–Trinajstić information content (AvgIpc) is 1.97. The van der Waals surface area contributed by atoms with Crippen molar-refractivity contribution >= 4 is 0 Å². The van der Waals surface area contributed by atoms with E-state index in [0.717, 1.165) is 0 Å². The highest BCUT2D eigenvalue weighted by Crippen LogP contribution is 2.16. The molecule has 0 amide bonds. The van der Waals surface area contributed by atoms with Crippen LogP contribution < -0.4 is 11.5 Å². The Balaban J connectivity index is 2.48. The molecular weight excluding hydrogens is 148 g/mol. The van der Waals surface area contributed by atoms with E-state index in [1.165, 1.54) is 0 Å². The fourth-order valence-corrected chi connectivity index (χ4v) is 1.13. The summed E-state index contributed by atoms with van der Waals surface area (Å²) in [7, 11) is 0. The predicted octanol–water partition coefficient (Wildman–Crippen LogP) is -2.26. The fraction of sp³-hybridized carbons (Fsp3) is 1.00. The largest absolute Gasteiger partial charge is 0.390 e. The molecule has 0 bridgehead atoms. The number of ether oxygens (including phenoxy) is 1. The van der Waals surface area contributed by atoms with Crippen molar-refractivity contribution < 1.29 is 14.9 Å². The molecule has 6 N–H and O–H groups in total. The van der Waals surface area contributed by atoms with Gasteiger partial charge in [-0.3, -0.25) is 0 Å². The van der Waals surface area contributed by atoms with Gasteiger partial charge in [0.25, 0.3) is 0 Å². The molecule has 1 aliphatic heterocycles. The van der Waals surface area contributed by atoms with Crippen LogP contribution in [0.25, 0.3) is 0 Å². The Bertz CT molecular complexity index is 133. The van der Waals surface area contributed by atoms with Crippen LogP contribution in [-0.2, 0) is 4.74 Å². The first-order valence-corrected chi connectivity index (χ1v) is 3.62. The van der Waals surface area contributed by atoms with Crippen LogP contribution in [0.4, 0.5) is 0 Å². The molecule has 0 aliphatic carbocycles. The van der Waals surface area contributed by atoms with E-state index in [9.17, 15) is 5.11 Å². The highest BCUT2D eigenvalue weighted by Gasteiger charge is 2.33. The summed E-state index contributed by atoms with van der Waals surface area (Å²) in [5.41, 5.74) is 10.7. The summed E-state index contributed by atoms with van der Waals surface area (Å²) in [6, 6.07) is -0.507. The Morgan fingerprint density at radius 2 is 2.09 bits per heavy atom. The summed E-state index contributed by atoms with van der Waals surface area (Å²) in [5.74, 6) is 0. The van der Waals surface area contributed by atoms with Crippen LogP contribution in [0, 0.1) is 0 Å². The third kappa shape index (κ3) is 1.88. The highest BCUT2D eigenvalue weighted by atomic mass is 16.6. The Labute approximate surface area is 64.9 Å². The van der Waals surface area contributed by atoms with Crippen molar-refractivity contribution in [3.05, 3.63) is 0 Å². The number of rotatable bonds is 1. The highest BCUT2D eigenvalue weighted by molar-refractivity contribution is 4.82. The molecule has 0 aromatic carbocycles. The van der Waals surface area contributed by atoms with Crippen LogP contribution in [0.2, 0.25) is 0 Å². The van der Waals surface area contributed by atoms with Crippen molar-refractivity contribution in [2.45, 2.75) is 31.0 Å². The molecule has 1 rings (SSSR count). The minimum Gasteiger partial charge on any atom is -0.390 e. The number of hydrogen-bond acceptors (Lipinski definition) is 5. The molecule has 0 saturated carbocycles. The minimum absolute atomic E-state index is 0.199. The van der Waals surface area contributed by atoms with Gasteiger partial charge in [-0.15, -0.1) is 0 Å². The Kier molecular flexibility index (Phi) is 2.80. The van der Waals surface area contributed by atoms with Gasteiger partial charge in [-0.1, -0.05) is 0 Å². The number of nitrogens with two attached hydrogens (primary N) is 2. The van der Waals surface area contributed by atoms with Gasteiger partial charge in [0.2, 0.25) is 0 Å². The lowest BCUT2D eigenvalue weighted by molar-refractivity contribution is -0.204. The van der Waals surface area contributed by atoms with Crippen LogP contribution in [0.1, 0.15) is 6.42 Å². The summed E-state index contributed by atoms with van der Waals surface area (Å²) in [4.78, 5) is 0. The first-order valence-electron chi connectivity index (χ1n) is 3.62. The standard InChI is InChI=1S/C6H14N2O3/c7-2-5-4(9)1-3(8)6(10)11-5/h3-6,9-10H,1-2,7-8H2/t3-,4?,5-,6+/m1/s1. The van der Waals surface area contributed by atoms with E-state index in [-0.39, 0.29) is 6.54 Å². The molecule has 0 aromatic heterocycles. The SMILES string of the molecule is NC[C@H]1O[C@H](O)[C@H](N)CC1O. The molecule has 0 radical (unpaired) electrons. The molecule has 5 heteroatoms. The van der Waals surface area contributed by atoms with Crippen molar-refractivity contribution in [3.8, 4) is 0 Å². The van der Waals surface area contributed by atoms with Crippen molar-refractivity contribution in [2.24, 2.45) is 11.5 Å². The van der Waals surface area contributed by atoms with E-state index in [0.29, 0.717) is 6.42 Å². The van der Waals surface area contributed by atoms with Gasteiger partial charge in [0.15, 0.2) is 6.29 Å². The molecule has 11 heavy (non-hydrogen) atoms. The van der Waals surface area contributed by atoms with E-state index >= 15 is 0 Å². The average molecular weight is 162 g/mol. The van der Waals surface area contributed by atoms with Crippen molar-refractivity contribution in [3.63, 3.8) is 0 Å². The molecule has 1 aliphatic rings. The summed E-state index contributed by atoms with van der Waals surface area (Å²) < 4.78 is 4.92. The zero-order valence-corrected chi connectivity index (χ0v) is 6.18. The van der Waals surface area contributed by atoms with Gasteiger partial charge in [-0.25, -0.2) is 0 Å². The molecular formula is C6H14N2O3. The lowest BCUT2D eigenvalue weighted by Gasteiger charge is -2.34. The van der Waals surface area contributed by atoms with E-state index < -0.39 is 24.5 Å². The molecule has 4 atom stereocenters. The molecule has 0 aromatic rings. The lowest BCUT2D eigenvalue weighted by Crippen LogP contribution is -2.53. The zero-order valence-electron chi connectivity index (χ0n) is 6.18. The molecule has 0 spiro atoms. The van der Waals surface area contributed by atoms with Gasteiger partial charge in [-0.2, -0.15) is 0 Å². The second-order valence-corrected chi connectivity index (χ2v) is 2.77. The smallest absolute Gasteiger partial charge is 0.170 e. The summed E-state index contributed by atoms with van der Waals surface area (Å²) in [6.07, 6.45) is -1.79. The van der Waals surface area contributed by atoms with Gasteiger partial charge in [-0.05, 0) is 6.42 Å². The third-order valence-electron chi connectivity index (χ3n) is 1.86. The molecule has 1 unspecified atom stereocenters. The molecule has 1 saturated heterocycles. The molecule has 66 valence electrons. The normalized spacial score (nSPS) is 45.8. The third-order valence-corrected chi connectivity index (χ3v) is 1.86. The maximum absolute atomic E-state index is 9.26. The van der Waals surface area contributed by atoms with Crippen molar-refractivity contribution in [2.75, 3.05) is 6.54 Å². The zero-order chi connectivity index (χ0) is 8.43. The number of aliphatic hydroxyl groups excluding tert-OH is 2. The van der Waals surface area contributed by atoms with E-state index in [2.05, 4.69) is 0 Å². The van der Waals surface area contributed by atoms with Gasteiger partial charge < -0.3 is 26.4 Å². The summed E-state index contributed by atoms with van der Waals surface area (Å²) >= 11 is 0. The van der Waals surface area contributed by atoms with Gasteiger partial charge >= 0.3 is 0 Å². The number of aliphatic hydroxyl groups is 2. The second-order valence-electron chi connectivity index (χ2n) is 2.77. The van der Waals surface area contributed by atoms with E-state index in [1.54, 1.807) is 0 Å². The van der Waals surface area contributed by atoms with Crippen LogP contribution in [-0.4, -0.2) is 41.3 Å². The summed E-state index contributed by atoms with van der Waals surface area (Å²) in [5, 5.41) is 18.3. The second kappa shape index (κ2) is 3.46. The summed E-state index contributed by atoms with van der Waals surface area (Å²) in [6.45, 7) is 0.199. The fourth-order valence-electron chi connectivity index (χ4n) is 1.13. The van der Waals surface area contributed by atoms with Crippen LogP contribution in [0.5, 0.6) is 0 Å². The topological polar surface area (TPSA) is 102 Å². The van der Waals surface area contributed by atoms with Crippen molar-refractivity contribution in [1.29, 1.82) is 0 Å². The monoisotopic (exact) mass is 162 g/mol. The maximum atomic E-state index is 9.26. The Hall–Kier alpha value is -0.200. The predicted molar refractivity (Wildman–Crippen MR) is 38.5 cm³/mol. The van der Waals surface area contributed by atoms with E-state index in [4.69, 9.17) is 21.3 Å².